The van der Waals surface area contributed by atoms with Gasteiger partial charge in [0.1, 0.15) is 11.8 Å². The van der Waals surface area contributed by atoms with Crippen LogP contribution in [-0.2, 0) is 16.0 Å². The minimum Gasteiger partial charge on any atom is -0.496 e. The van der Waals surface area contributed by atoms with Crippen molar-refractivity contribution in [3.8, 4) is 5.75 Å². The molecular weight excluding hydrogens is 366 g/mol. The number of methoxy groups -OCH3 is 1. The minimum atomic E-state index is -0.251. The summed E-state index contributed by atoms with van der Waals surface area (Å²) in [5.74, 6) is 1.63. The Kier molecular flexibility index (Phi) is 7.53. The number of amides is 2. The van der Waals surface area contributed by atoms with Crippen LogP contribution in [0.25, 0.3) is 0 Å². The number of carbonyl (C=O) groups excluding carboxylic acids is 2. The summed E-state index contributed by atoms with van der Waals surface area (Å²) in [7, 11) is 3.62. The summed E-state index contributed by atoms with van der Waals surface area (Å²) in [6.07, 6.45) is 4.95. The zero-order valence-electron chi connectivity index (χ0n) is 18.1. The molecule has 1 aromatic carbocycles. The molecule has 160 valence electrons. The van der Waals surface area contributed by atoms with Gasteiger partial charge in [-0.25, -0.2) is 0 Å². The molecule has 0 radical (unpaired) electrons. The van der Waals surface area contributed by atoms with E-state index in [1.165, 1.54) is 5.56 Å². The molecule has 3 rings (SSSR count). The highest BCUT2D eigenvalue weighted by Gasteiger charge is 2.34. The van der Waals surface area contributed by atoms with Crippen molar-refractivity contribution in [3.63, 3.8) is 0 Å². The Morgan fingerprint density at radius 3 is 2.55 bits per heavy atom. The third-order valence-electron chi connectivity index (χ3n) is 6.45. The summed E-state index contributed by atoms with van der Waals surface area (Å²) in [6.45, 7) is 6.26. The SMILES string of the molecule is COc1ccccc1CCN1CCC(CN(C)C(=O)[C@@H]2CCCN2C(C)=O)CC1. The molecule has 0 spiro atoms. The molecule has 2 aliphatic rings. The van der Waals surface area contributed by atoms with Crippen LogP contribution >= 0.6 is 0 Å². The Hall–Kier alpha value is -2.08. The molecule has 2 saturated heterocycles. The molecule has 6 heteroatoms. The Labute approximate surface area is 174 Å². The number of piperidine rings is 1. The van der Waals surface area contributed by atoms with Crippen molar-refractivity contribution in [1.82, 2.24) is 14.7 Å². The molecule has 2 heterocycles. The number of nitrogens with zero attached hydrogens (tertiary/aromatic N) is 3. The Balaban J connectivity index is 1.42. The molecule has 2 fully saturated rings. The van der Waals surface area contributed by atoms with Crippen LogP contribution in [-0.4, -0.2) is 79.4 Å². The summed E-state index contributed by atoms with van der Waals surface area (Å²) >= 11 is 0. The zero-order valence-corrected chi connectivity index (χ0v) is 18.1. The number of hydrogen-bond acceptors (Lipinski definition) is 4. The van der Waals surface area contributed by atoms with E-state index < -0.39 is 0 Å². The summed E-state index contributed by atoms with van der Waals surface area (Å²) in [4.78, 5) is 30.7. The first kappa shape index (κ1) is 21.6. The lowest BCUT2D eigenvalue weighted by atomic mass is 9.95. The smallest absolute Gasteiger partial charge is 0.245 e. The lowest BCUT2D eigenvalue weighted by Gasteiger charge is -2.35. The molecule has 0 aromatic heterocycles. The van der Waals surface area contributed by atoms with Crippen molar-refractivity contribution < 1.29 is 14.3 Å². The number of rotatable bonds is 7. The molecule has 0 unspecified atom stereocenters. The first-order valence-corrected chi connectivity index (χ1v) is 10.9. The summed E-state index contributed by atoms with van der Waals surface area (Å²) in [5, 5.41) is 0. The normalized spacial score (nSPS) is 20.7. The van der Waals surface area contributed by atoms with Crippen LogP contribution in [0, 0.1) is 5.92 Å². The third-order valence-corrected chi connectivity index (χ3v) is 6.45. The minimum absolute atomic E-state index is 0.0117. The fraction of sp³-hybridized carbons (Fsp3) is 0.652. The van der Waals surface area contributed by atoms with E-state index in [-0.39, 0.29) is 17.9 Å². The van der Waals surface area contributed by atoms with Gasteiger partial charge in [0, 0.05) is 33.6 Å². The Morgan fingerprint density at radius 2 is 1.86 bits per heavy atom. The first-order chi connectivity index (χ1) is 14.0. The number of benzene rings is 1. The van der Waals surface area contributed by atoms with Gasteiger partial charge in [-0.15, -0.1) is 0 Å². The van der Waals surface area contributed by atoms with Gasteiger partial charge in [-0.1, -0.05) is 18.2 Å². The number of hydrogen-bond donors (Lipinski definition) is 0. The average molecular weight is 402 g/mol. The highest BCUT2D eigenvalue weighted by atomic mass is 16.5. The fourth-order valence-electron chi connectivity index (χ4n) is 4.71. The highest BCUT2D eigenvalue weighted by molar-refractivity contribution is 5.87. The molecule has 29 heavy (non-hydrogen) atoms. The highest BCUT2D eigenvalue weighted by Crippen LogP contribution is 2.23. The second-order valence-electron chi connectivity index (χ2n) is 8.44. The zero-order chi connectivity index (χ0) is 20.8. The van der Waals surface area contributed by atoms with E-state index in [2.05, 4.69) is 17.0 Å². The standard InChI is InChI=1S/C23H35N3O3/c1-18(27)26-13-6-8-21(26)23(28)24(2)17-19-10-14-25(15-11-19)16-12-20-7-4-5-9-22(20)29-3/h4-5,7,9,19,21H,6,8,10-17H2,1-3H3/t21-/m0/s1. The Morgan fingerprint density at radius 1 is 1.14 bits per heavy atom. The monoisotopic (exact) mass is 401 g/mol. The predicted octanol–water partition coefficient (Wildman–Crippen LogP) is 2.42. The predicted molar refractivity (Wildman–Crippen MR) is 114 cm³/mol. The summed E-state index contributed by atoms with van der Waals surface area (Å²) in [6, 6.07) is 7.98. The van der Waals surface area contributed by atoms with E-state index in [0.29, 0.717) is 12.5 Å². The lowest BCUT2D eigenvalue weighted by Crippen LogP contribution is -2.48. The summed E-state index contributed by atoms with van der Waals surface area (Å²) < 4.78 is 5.45. The molecule has 2 amide bonds. The first-order valence-electron chi connectivity index (χ1n) is 10.9. The van der Waals surface area contributed by atoms with Crippen LogP contribution in [0.4, 0.5) is 0 Å². The molecule has 0 N–H and O–H groups in total. The number of likely N-dealkylation sites (tertiary alicyclic amines) is 2. The average Bonchev–Trinajstić information content (AvgIpc) is 3.23. The van der Waals surface area contributed by atoms with E-state index in [1.807, 2.05) is 24.1 Å². The lowest BCUT2D eigenvalue weighted by molar-refractivity contribution is -0.142. The maximum atomic E-state index is 12.8. The van der Waals surface area contributed by atoms with Crippen molar-refractivity contribution >= 4 is 11.8 Å². The van der Waals surface area contributed by atoms with Crippen LogP contribution in [0.2, 0.25) is 0 Å². The second-order valence-corrected chi connectivity index (χ2v) is 8.44. The van der Waals surface area contributed by atoms with Gasteiger partial charge in [-0.2, -0.15) is 0 Å². The van der Waals surface area contributed by atoms with Crippen molar-refractivity contribution in [2.45, 2.75) is 45.1 Å². The molecule has 6 nitrogen and oxygen atoms in total. The van der Waals surface area contributed by atoms with Gasteiger partial charge in [0.2, 0.25) is 11.8 Å². The maximum Gasteiger partial charge on any atom is 0.245 e. The van der Waals surface area contributed by atoms with E-state index >= 15 is 0 Å². The van der Waals surface area contributed by atoms with E-state index in [0.717, 1.165) is 64.0 Å². The van der Waals surface area contributed by atoms with Crippen LogP contribution in [0.5, 0.6) is 5.75 Å². The van der Waals surface area contributed by atoms with Crippen molar-refractivity contribution in [2.75, 3.05) is 46.9 Å². The second kappa shape index (κ2) is 10.1. The van der Waals surface area contributed by atoms with Crippen LogP contribution in [0.3, 0.4) is 0 Å². The molecule has 0 aliphatic carbocycles. The van der Waals surface area contributed by atoms with Crippen LogP contribution in [0.1, 0.15) is 38.2 Å². The number of para-hydroxylation sites is 1. The van der Waals surface area contributed by atoms with E-state index in [1.54, 1.807) is 18.9 Å². The number of likely N-dealkylation sites (N-methyl/N-ethyl adjacent to an activating group) is 1. The summed E-state index contributed by atoms with van der Waals surface area (Å²) in [5.41, 5.74) is 1.26. The Bertz CT molecular complexity index is 700. The van der Waals surface area contributed by atoms with Gasteiger partial charge in [0.25, 0.3) is 0 Å². The number of ether oxygens (including phenoxy) is 1. The molecule has 0 bridgehead atoms. The van der Waals surface area contributed by atoms with Crippen LogP contribution in [0.15, 0.2) is 24.3 Å². The van der Waals surface area contributed by atoms with Gasteiger partial charge >= 0.3 is 0 Å². The molecule has 2 aliphatic heterocycles. The molecular formula is C23H35N3O3. The fourth-order valence-corrected chi connectivity index (χ4v) is 4.71. The maximum absolute atomic E-state index is 12.8. The third kappa shape index (κ3) is 5.50. The van der Waals surface area contributed by atoms with Crippen LogP contribution < -0.4 is 4.74 Å². The quantitative estimate of drug-likeness (QED) is 0.704. The van der Waals surface area contributed by atoms with Gasteiger partial charge in [0.05, 0.1) is 7.11 Å². The van der Waals surface area contributed by atoms with Crippen molar-refractivity contribution in [2.24, 2.45) is 5.92 Å². The molecule has 0 saturated carbocycles. The van der Waals surface area contributed by atoms with Crippen molar-refractivity contribution in [3.05, 3.63) is 29.8 Å². The topological polar surface area (TPSA) is 53.1 Å². The van der Waals surface area contributed by atoms with Gasteiger partial charge < -0.3 is 19.4 Å². The van der Waals surface area contributed by atoms with Crippen molar-refractivity contribution in [1.29, 1.82) is 0 Å². The molecule has 1 atom stereocenters. The largest absolute Gasteiger partial charge is 0.496 e. The number of carbonyl (C=O) groups is 2. The van der Waals surface area contributed by atoms with Gasteiger partial charge in [-0.05, 0) is 62.7 Å². The van der Waals surface area contributed by atoms with E-state index in [9.17, 15) is 9.59 Å². The van der Waals surface area contributed by atoms with E-state index in [4.69, 9.17) is 4.74 Å². The van der Waals surface area contributed by atoms with Gasteiger partial charge in [0.15, 0.2) is 0 Å². The van der Waals surface area contributed by atoms with Gasteiger partial charge in [-0.3, -0.25) is 9.59 Å². The molecule has 1 aromatic rings.